The van der Waals surface area contributed by atoms with Gasteiger partial charge in [-0.2, -0.15) is 0 Å². The zero-order chi connectivity index (χ0) is 56.5. The normalized spacial score (nSPS) is 38.1. The zero-order valence-corrected chi connectivity index (χ0v) is 56.5. The van der Waals surface area contributed by atoms with Crippen LogP contribution in [0.2, 0.25) is 0 Å². The lowest BCUT2D eigenvalue weighted by Gasteiger charge is -2.49. The molecule has 0 aromatic rings. The molecule has 0 radical (unpaired) electrons. The molecule has 0 saturated heterocycles. The van der Waals surface area contributed by atoms with Gasteiger partial charge in [0.05, 0.1) is 0 Å². The molecule has 10 saturated carbocycles. The molecule has 0 nitrogen and oxygen atoms in total. The molecule has 10 aliphatic carbocycles. The van der Waals surface area contributed by atoms with Gasteiger partial charge in [0.2, 0.25) is 0 Å². The van der Waals surface area contributed by atoms with Gasteiger partial charge in [-0.05, 0) is 259 Å². The molecule has 10 rings (SSSR count). The molecule has 0 aliphatic heterocycles. The molecule has 8 unspecified atom stereocenters. The molecule has 0 heterocycles. The largest absolute Gasteiger partial charge is 0.0651 e. The molecule has 0 spiro atoms. The number of hydrogen-bond acceptors (Lipinski definition) is 0. The van der Waals surface area contributed by atoms with Gasteiger partial charge >= 0.3 is 0 Å². The summed E-state index contributed by atoms with van der Waals surface area (Å²) in [6.07, 6.45) is 35.1. The lowest BCUT2D eigenvalue weighted by Crippen LogP contribution is -2.38. The van der Waals surface area contributed by atoms with Crippen molar-refractivity contribution in [3.8, 4) is 0 Å². The van der Waals surface area contributed by atoms with Crippen molar-refractivity contribution in [2.75, 3.05) is 0 Å². The van der Waals surface area contributed by atoms with E-state index in [0.29, 0.717) is 54.1 Å². The van der Waals surface area contributed by atoms with E-state index in [-0.39, 0.29) is 0 Å². The van der Waals surface area contributed by atoms with Gasteiger partial charge in [-0.25, -0.2) is 0 Å². The van der Waals surface area contributed by atoms with Crippen molar-refractivity contribution in [3.05, 3.63) is 0 Å². The summed E-state index contributed by atoms with van der Waals surface area (Å²) in [5, 5.41) is 0. The predicted octanol–water partition coefficient (Wildman–Crippen LogP) is 24.8. The molecule has 0 aromatic heterocycles. The van der Waals surface area contributed by atoms with E-state index in [9.17, 15) is 0 Å². The predicted molar refractivity (Wildman–Crippen MR) is 334 cm³/mol. The summed E-state index contributed by atoms with van der Waals surface area (Å²) in [6, 6.07) is 0. The second-order valence-electron chi connectivity index (χ2n) is 37.4. The van der Waals surface area contributed by atoms with Crippen LogP contribution in [0.5, 0.6) is 0 Å². The zero-order valence-electron chi connectivity index (χ0n) is 56.5. The summed E-state index contributed by atoms with van der Waals surface area (Å²) in [5.74, 6) is 13.7. The average molecular weight is 1030 g/mol. The molecule has 10 atom stereocenters. The van der Waals surface area contributed by atoms with E-state index in [4.69, 9.17) is 0 Å². The summed E-state index contributed by atoms with van der Waals surface area (Å²) in [6.45, 7) is 65.2. The van der Waals surface area contributed by atoms with Crippen molar-refractivity contribution < 1.29 is 0 Å². The summed E-state index contributed by atoms with van der Waals surface area (Å²) in [7, 11) is 0. The van der Waals surface area contributed by atoms with Crippen LogP contribution in [0.15, 0.2) is 0 Å². The summed E-state index contributed by atoms with van der Waals surface area (Å²) in [4.78, 5) is 0. The van der Waals surface area contributed by atoms with E-state index in [1.807, 2.05) is 0 Å². The highest BCUT2D eigenvalue weighted by Gasteiger charge is 2.50. The molecule has 0 amide bonds. The van der Waals surface area contributed by atoms with Crippen molar-refractivity contribution in [2.45, 2.75) is 341 Å². The molecular weight excluding hydrogens is 889 g/mol. The van der Waals surface area contributed by atoms with Crippen LogP contribution in [0.25, 0.3) is 0 Å². The van der Waals surface area contributed by atoms with E-state index in [2.05, 4.69) is 187 Å². The first-order valence-corrected chi connectivity index (χ1v) is 33.5. The Morgan fingerprint density at radius 3 is 0.986 bits per heavy atom. The molecular formula is C74H142. The Hall–Kier alpha value is 0. The van der Waals surface area contributed by atoms with Crippen LogP contribution in [0.1, 0.15) is 341 Å². The summed E-state index contributed by atoms with van der Waals surface area (Å²) >= 11 is 0. The molecule has 6 bridgehead atoms. The van der Waals surface area contributed by atoms with Crippen LogP contribution >= 0.6 is 0 Å². The average Bonchev–Trinajstić information content (AvgIpc) is 4.09. The standard InChI is InChI=1S/2C12H24.2C11H22.C10H18.2C9H16/c1-10(2)7-11(3,4)9-12(5,6)8-10;1-6-10-7-11(2,3)9-12(4,5)8-10;1-9-6-10(2,3)8-11(4,5)7-9;1-6-9-10(2,3)7-8-11(9,4)5;1-7-8-4-5-9(6-8)10(7,2)3;1-6-7(2)9-4-3-8(6)5-9;1-2-8-5-7-3-4-9(8)6-7/h7-9H2,1-6H3;10H,6-9H2,1-5H3;2*9H,6-8H2,1-5H3;7-9H,4-6H2,1-3H3;6-9H,3-5H2,1-2H3;7-9H,2-6H2,1H3/t;;;;7-,8?,9?;6-,7?,8?,9?;/m....10./s1. The van der Waals surface area contributed by atoms with Crippen molar-refractivity contribution in [1.82, 2.24) is 0 Å². The monoisotopic (exact) mass is 1030 g/mol. The molecule has 74 heavy (non-hydrogen) atoms. The maximum Gasteiger partial charge on any atom is -0.0297 e. The van der Waals surface area contributed by atoms with Gasteiger partial charge in [0.15, 0.2) is 0 Å². The molecule has 0 N–H and O–H groups in total. The van der Waals surface area contributed by atoms with Gasteiger partial charge in [0.1, 0.15) is 0 Å². The quantitative estimate of drug-likeness (QED) is 0.264. The number of fused-ring (bicyclic) bond motifs is 6. The van der Waals surface area contributed by atoms with Gasteiger partial charge in [0.25, 0.3) is 0 Å². The maximum absolute atomic E-state index is 2.46. The Bertz CT molecular complexity index is 1550. The van der Waals surface area contributed by atoms with Crippen LogP contribution in [0.3, 0.4) is 0 Å². The van der Waals surface area contributed by atoms with Crippen molar-refractivity contribution in [1.29, 1.82) is 0 Å². The van der Waals surface area contributed by atoms with Crippen molar-refractivity contribution >= 4 is 0 Å². The molecule has 10 aliphatic rings. The molecule has 0 heteroatoms. The van der Waals surface area contributed by atoms with Crippen LogP contribution in [-0.4, -0.2) is 0 Å². The van der Waals surface area contributed by atoms with Gasteiger partial charge in [-0.15, -0.1) is 0 Å². The fourth-order valence-corrected chi connectivity index (χ4v) is 22.9. The summed E-state index contributed by atoms with van der Waals surface area (Å²) in [5.41, 5.74) is 5.84. The van der Waals surface area contributed by atoms with Crippen molar-refractivity contribution in [2.24, 2.45) is 131 Å². The second kappa shape index (κ2) is 25.0. The highest BCUT2D eigenvalue weighted by atomic mass is 14.6. The van der Waals surface area contributed by atoms with Crippen LogP contribution in [0.4, 0.5) is 0 Å². The fraction of sp³-hybridized carbons (Fsp3) is 1.00. The molecule has 438 valence electrons. The van der Waals surface area contributed by atoms with E-state index in [0.717, 1.165) is 76.9 Å². The lowest BCUT2D eigenvalue weighted by atomic mass is 9.56. The topological polar surface area (TPSA) is 0 Å². The Balaban J connectivity index is 0.000000187. The van der Waals surface area contributed by atoms with Gasteiger partial charge in [-0.1, -0.05) is 213 Å². The third-order valence-corrected chi connectivity index (χ3v) is 24.2. The number of rotatable bonds is 3. The van der Waals surface area contributed by atoms with Gasteiger partial charge in [-0.3, -0.25) is 0 Å². The summed E-state index contributed by atoms with van der Waals surface area (Å²) < 4.78 is 0. The Morgan fingerprint density at radius 2 is 0.743 bits per heavy atom. The highest BCUT2D eigenvalue weighted by molar-refractivity contribution is 5.00. The van der Waals surface area contributed by atoms with Crippen molar-refractivity contribution in [3.63, 3.8) is 0 Å². The smallest absolute Gasteiger partial charge is 0.0297 e. The van der Waals surface area contributed by atoms with E-state index < -0.39 is 0 Å². The Kier molecular flexibility index (Phi) is 22.5. The minimum absolute atomic E-state index is 0.547. The maximum atomic E-state index is 2.46. The highest BCUT2D eigenvalue weighted by Crippen LogP contribution is 2.60. The third kappa shape index (κ3) is 19.1. The van der Waals surface area contributed by atoms with Gasteiger partial charge < -0.3 is 0 Å². The third-order valence-electron chi connectivity index (χ3n) is 24.2. The SMILES string of the molecule is CC1(C)CC(C)(C)CC(C)(C)C1.CC1C2CCC(C2)[C@H]1C.CC1CC(C)(C)CC(C)(C)C1.CCC1C(C)(C)CCC1(C)C.CCC1CC(C)(C)CC(C)(C)C1.CCC1CC2CCC1C2.C[C@@H]1C2CCC(C2)C1(C)C. The van der Waals surface area contributed by atoms with E-state index in [1.54, 1.807) is 32.1 Å². The minimum atomic E-state index is 0.547. The first-order chi connectivity index (χ1) is 33.5. The first-order valence-electron chi connectivity index (χ1n) is 33.5. The van der Waals surface area contributed by atoms with Gasteiger partial charge in [0, 0.05) is 0 Å². The second-order valence-corrected chi connectivity index (χ2v) is 37.4. The fourth-order valence-electron chi connectivity index (χ4n) is 22.9. The van der Waals surface area contributed by atoms with Crippen LogP contribution < -0.4 is 0 Å². The molecule has 10 fully saturated rings. The first kappa shape index (κ1) is 66.5. The number of hydrogen-bond donors (Lipinski definition) is 0. The van der Waals surface area contributed by atoms with Crippen LogP contribution in [0, 0.1) is 131 Å². The van der Waals surface area contributed by atoms with E-state index in [1.165, 1.54) is 122 Å². The molecule has 0 aromatic carbocycles. The Labute approximate surface area is 469 Å². The lowest BCUT2D eigenvalue weighted by molar-refractivity contribution is 0.0203. The Morgan fingerprint density at radius 1 is 0.351 bits per heavy atom. The van der Waals surface area contributed by atoms with E-state index >= 15 is 0 Å². The van der Waals surface area contributed by atoms with Crippen LogP contribution in [-0.2, 0) is 0 Å². The minimum Gasteiger partial charge on any atom is -0.0651 e.